The molecule has 0 aromatic rings. The van der Waals surface area contributed by atoms with Crippen LogP contribution in [-0.4, -0.2) is 38.6 Å². The summed E-state index contributed by atoms with van der Waals surface area (Å²) < 4.78 is 0. The Morgan fingerprint density at radius 3 is 2.47 bits per heavy atom. The van der Waals surface area contributed by atoms with Gasteiger partial charge in [-0.05, 0) is 0 Å². The van der Waals surface area contributed by atoms with E-state index in [4.69, 9.17) is 21.2 Å². The first-order valence-electron chi connectivity index (χ1n) is 4.39. The molecule has 2 aliphatic rings. The minimum Gasteiger partial charge on any atom is -0.481 e. The van der Waals surface area contributed by atoms with E-state index in [1.807, 2.05) is 0 Å². The Morgan fingerprint density at radius 2 is 2.07 bits per heavy atom. The summed E-state index contributed by atoms with van der Waals surface area (Å²) >= 11 is 0. The molecular weight excluding hydrogens is 204 g/mol. The number of nitrogens with two attached hydrogens (primary N) is 1. The van der Waals surface area contributed by atoms with Crippen LogP contribution in [-0.2, 0) is 9.59 Å². The van der Waals surface area contributed by atoms with Crippen molar-refractivity contribution in [1.29, 1.82) is 0 Å². The number of hydrogen-bond acceptors (Lipinski definition) is 5. The Bertz CT molecular complexity index is 379. The van der Waals surface area contributed by atoms with Crippen LogP contribution in [0.15, 0.2) is 5.16 Å². The van der Waals surface area contributed by atoms with E-state index >= 15 is 0 Å². The third-order valence-corrected chi connectivity index (χ3v) is 3.28. The Hall–Kier alpha value is -1.63. The number of carboxylic acid groups (broad SMARTS) is 2. The van der Waals surface area contributed by atoms with Crippen molar-refractivity contribution in [3.63, 3.8) is 0 Å². The Balaban J connectivity index is 2.34. The molecule has 0 bridgehead atoms. The largest absolute Gasteiger partial charge is 0.481 e. The van der Waals surface area contributed by atoms with Gasteiger partial charge in [0, 0.05) is 18.3 Å². The van der Waals surface area contributed by atoms with Gasteiger partial charge in [-0.3, -0.25) is 9.59 Å². The van der Waals surface area contributed by atoms with Crippen molar-refractivity contribution in [2.75, 3.05) is 0 Å². The molecule has 0 amide bonds. The fraction of sp³-hybridized carbons (Fsp3) is 0.625. The maximum Gasteiger partial charge on any atom is 0.324 e. The molecule has 0 unspecified atom stereocenters. The molecule has 2 aliphatic carbocycles. The maximum absolute atomic E-state index is 10.9. The van der Waals surface area contributed by atoms with Gasteiger partial charge in [-0.15, -0.1) is 0 Å². The lowest BCUT2D eigenvalue weighted by Crippen LogP contribution is -2.50. The predicted molar refractivity (Wildman–Crippen MR) is 46.5 cm³/mol. The van der Waals surface area contributed by atoms with Gasteiger partial charge in [-0.25, -0.2) is 0 Å². The second kappa shape index (κ2) is 2.69. The van der Waals surface area contributed by atoms with Crippen LogP contribution in [0.2, 0.25) is 0 Å². The maximum atomic E-state index is 10.9. The second-order valence-electron chi connectivity index (χ2n) is 4.03. The molecule has 0 spiro atoms. The summed E-state index contributed by atoms with van der Waals surface area (Å²) in [7, 11) is 0. The summed E-state index contributed by atoms with van der Waals surface area (Å²) in [5, 5.41) is 29.3. The average Bonchev–Trinajstić information content (AvgIpc) is 2.82. The van der Waals surface area contributed by atoms with Crippen molar-refractivity contribution in [3.05, 3.63) is 0 Å². The Kier molecular flexibility index (Phi) is 1.78. The van der Waals surface area contributed by atoms with Crippen LogP contribution in [0.4, 0.5) is 0 Å². The third-order valence-electron chi connectivity index (χ3n) is 3.28. The minimum atomic E-state index is -1.60. The van der Waals surface area contributed by atoms with E-state index in [2.05, 4.69) is 5.16 Å². The zero-order chi connectivity index (χ0) is 11.4. The highest BCUT2D eigenvalue weighted by Gasteiger charge is 2.73. The van der Waals surface area contributed by atoms with Gasteiger partial charge < -0.3 is 21.2 Å². The topological polar surface area (TPSA) is 133 Å². The van der Waals surface area contributed by atoms with E-state index in [0.29, 0.717) is 0 Å². The van der Waals surface area contributed by atoms with E-state index in [1.54, 1.807) is 0 Å². The zero-order valence-electron chi connectivity index (χ0n) is 7.62. The number of oxime groups is 1. The monoisotopic (exact) mass is 214 g/mol. The highest BCUT2D eigenvalue weighted by molar-refractivity contribution is 6.05. The highest BCUT2D eigenvalue weighted by atomic mass is 16.4. The van der Waals surface area contributed by atoms with Crippen LogP contribution >= 0.6 is 0 Å². The van der Waals surface area contributed by atoms with E-state index in [0.717, 1.165) is 0 Å². The van der Waals surface area contributed by atoms with E-state index in [-0.39, 0.29) is 12.1 Å². The quantitative estimate of drug-likeness (QED) is 0.342. The van der Waals surface area contributed by atoms with Crippen LogP contribution in [0.25, 0.3) is 0 Å². The van der Waals surface area contributed by atoms with Gasteiger partial charge in [0.15, 0.2) is 0 Å². The molecule has 0 aromatic carbocycles. The lowest BCUT2D eigenvalue weighted by atomic mass is 9.91. The van der Waals surface area contributed by atoms with E-state index in [9.17, 15) is 9.59 Å². The van der Waals surface area contributed by atoms with Crippen molar-refractivity contribution in [2.45, 2.75) is 12.0 Å². The molecule has 5 N–H and O–H groups in total. The standard InChI is InChI=1S/C8H10N2O5/c9-8(7(13)14)1-2(10-15)3-4(5(3)8)6(11)12/h3-5,15H,1,9H2,(H,11,12)(H,13,14)/t3-,4+,5+,8-/m0/s1. The fourth-order valence-electron chi connectivity index (χ4n) is 2.53. The fourth-order valence-corrected chi connectivity index (χ4v) is 2.53. The van der Waals surface area contributed by atoms with Gasteiger partial charge in [-0.1, -0.05) is 5.16 Å². The molecule has 0 radical (unpaired) electrons. The van der Waals surface area contributed by atoms with Crippen molar-refractivity contribution in [1.82, 2.24) is 0 Å². The number of carboxylic acids is 2. The zero-order valence-corrected chi connectivity index (χ0v) is 7.62. The summed E-state index contributed by atoms with van der Waals surface area (Å²) in [4.78, 5) is 21.7. The molecule has 4 atom stereocenters. The SMILES string of the molecule is N[C@@]1(C(=O)O)CC(=NO)[C@H]2[C@@H](C(=O)O)[C@@H]21. The van der Waals surface area contributed by atoms with Gasteiger partial charge in [0.2, 0.25) is 0 Å². The number of fused-ring (bicyclic) bond motifs is 1. The van der Waals surface area contributed by atoms with Gasteiger partial charge in [0.25, 0.3) is 0 Å². The summed E-state index contributed by atoms with van der Waals surface area (Å²) in [6.07, 6.45) is -0.0854. The molecule has 0 aromatic heterocycles. The molecule has 82 valence electrons. The molecule has 7 heteroatoms. The van der Waals surface area contributed by atoms with Gasteiger partial charge in [0.1, 0.15) is 5.54 Å². The van der Waals surface area contributed by atoms with Crippen LogP contribution in [0.3, 0.4) is 0 Å². The van der Waals surface area contributed by atoms with Crippen molar-refractivity contribution >= 4 is 17.7 Å². The smallest absolute Gasteiger partial charge is 0.324 e. The van der Waals surface area contributed by atoms with Crippen LogP contribution in [0.1, 0.15) is 6.42 Å². The predicted octanol–water partition coefficient (Wildman–Crippen LogP) is -1.05. The summed E-state index contributed by atoms with van der Waals surface area (Å²) in [5.74, 6) is -4.35. The lowest BCUT2D eigenvalue weighted by molar-refractivity contribution is -0.144. The molecule has 2 saturated carbocycles. The average molecular weight is 214 g/mol. The molecule has 2 fully saturated rings. The molecular formula is C8H10N2O5. The Labute approximate surface area is 84.2 Å². The summed E-state index contributed by atoms with van der Waals surface area (Å²) in [6, 6.07) is 0. The summed E-state index contributed by atoms with van der Waals surface area (Å²) in [6.45, 7) is 0. The van der Waals surface area contributed by atoms with Crippen molar-refractivity contribution < 1.29 is 25.0 Å². The number of hydrogen-bond donors (Lipinski definition) is 4. The number of carbonyl (C=O) groups is 2. The molecule has 0 aliphatic heterocycles. The first-order valence-corrected chi connectivity index (χ1v) is 4.39. The first kappa shape index (κ1) is 9.91. The van der Waals surface area contributed by atoms with Crippen molar-refractivity contribution in [2.24, 2.45) is 28.6 Å². The molecule has 0 heterocycles. The van der Waals surface area contributed by atoms with Crippen molar-refractivity contribution in [3.8, 4) is 0 Å². The lowest BCUT2D eigenvalue weighted by Gasteiger charge is -2.20. The van der Waals surface area contributed by atoms with Gasteiger partial charge >= 0.3 is 11.9 Å². The summed E-state index contributed by atoms with van der Waals surface area (Å²) in [5.41, 5.74) is 4.20. The third kappa shape index (κ3) is 1.06. The number of aliphatic carboxylic acids is 2. The number of rotatable bonds is 2. The van der Waals surface area contributed by atoms with Crippen LogP contribution in [0.5, 0.6) is 0 Å². The van der Waals surface area contributed by atoms with Crippen LogP contribution in [0, 0.1) is 17.8 Å². The molecule has 0 saturated heterocycles. The second-order valence-corrected chi connectivity index (χ2v) is 4.03. The highest BCUT2D eigenvalue weighted by Crippen LogP contribution is 2.60. The van der Waals surface area contributed by atoms with Gasteiger partial charge in [0.05, 0.1) is 11.6 Å². The molecule has 15 heavy (non-hydrogen) atoms. The normalized spacial score (nSPS) is 45.1. The number of nitrogens with zero attached hydrogens (tertiary/aromatic N) is 1. The van der Waals surface area contributed by atoms with E-state index < -0.39 is 35.2 Å². The van der Waals surface area contributed by atoms with Crippen LogP contribution < -0.4 is 5.73 Å². The van der Waals surface area contributed by atoms with E-state index in [1.165, 1.54) is 0 Å². The molecule has 7 nitrogen and oxygen atoms in total. The minimum absolute atomic E-state index is 0.0854. The first-order chi connectivity index (χ1) is 6.93. The Morgan fingerprint density at radius 1 is 1.47 bits per heavy atom. The molecule has 2 rings (SSSR count). The van der Waals surface area contributed by atoms with Gasteiger partial charge in [-0.2, -0.15) is 0 Å².